The summed E-state index contributed by atoms with van der Waals surface area (Å²) in [6.07, 6.45) is -2.70. The summed E-state index contributed by atoms with van der Waals surface area (Å²) in [5, 5.41) is 8.13. The molecule has 0 saturated heterocycles. The van der Waals surface area contributed by atoms with Crippen LogP contribution in [0, 0.1) is 0 Å². The number of halogens is 3. The Morgan fingerprint density at radius 1 is 1.11 bits per heavy atom. The van der Waals surface area contributed by atoms with E-state index in [1.165, 1.54) is 14.2 Å². The van der Waals surface area contributed by atoms with E-state index in [9.17, 15) is 22.8 Å². The predicted molar refractivity (Wildman–Crippen MR) is 125 cm³/mol. The normalized spacial score (nSPS) is 12.2. The molecule has 36 heavy (non-hydrogen) atoms. The van der Waals surface area contributed by atoms with Crippen LogP contribution in [0.2, 0.25) is 0 Å². The molecule has 2 heterocycles. The lowest BCUT2D eigenvalue weighted by Crippen LogP contribution is -2.25. The Morgan fingerprint density at radius 2 is 1.69 bits per heavy atom. The van der Waals surface area contributed by atoms with Gasteiger partial charge in [-0.3, -0.25) is 14.6 Å². The molecule has 1 aliphatic carbocycles. The SMILES string of the molecule is COc1cc2c3c(n(CCCN(C)C)c(=O)c2cc1OC)-c1cccnc1C3=O.O=C(O)C(F)(F)F. The van der Waals surface area contributed by atoms with Crippen LogP contribution in [0.25, 0.3) is 22.0 Å². The number of pyridine rings is 2. The molecule has 192 valence electrons. The summed E-state index contributed by atoms with van der Waals surface area (Å²) in [5.41, 5.74) is 2.07. The van der Waals surface area contributed by atoms with E-state index < -0.39 is 12.1 Å². The number of rotatable bonds is 6. The maximum absolute atomic E-state index is 13.5. The van der Waals surface area contributed by atoms with Crippen molar-refractivity contribution in [2.24, 2.45) is 0 Å². The Kier molecular flexibility index (Phi) is 7.68. The lowest BCUT2D eigenvalue weighted by atomic mass is 10.0. The number of aliphatic carboxylic acids is 1. The highest BCUT2D eigenvalue weighted by molar-refractivity contribution is 6.26. The Hall–Kier alpha value is -3.93. The van der Waals surface area contributed by atoms with E-state index in [0.717, 1.165) is 13.0 Å². The maximum atomic E-state index is 13.5. The van der Waals surface area contributed by atoms with Crippen molar-refractivity contribution in [1.82, 2.24) is 14.5 Å². The van der Waals surface area contributed by atoms with Gasteiger partial charge in [-0.25, -0.2) is 4.79 Å². The fraction of sp³-hybridized carbons (Fsp3) is 0.333. The number of carboxylic acid groups (broad SMARTS) is 1. The van der Waals surface area contributed by atoms with Crippen LogP contribution in [0.3, 0.4) is 0 Å². The number of carbonyl (C=O) groups excluding carboxylic acids is 1. The first kappa shape index (κ1) is 26.7. The summed E-state index contributed by atoms with van der Waals surface area (Å²) in [6.45, 7) is 1.34. The van der Waals surface area contributed by atoms with Gasteiger partial charge in [0, 0.05) is 23.7 Å². The lowest BCUT2D eigenvalue weighted by molar-refractivity contribution is -0.192. The molecule has 1 N–H and O–H groups in total. The van der Waals surface area contributed by atoms with E-state index in [2.05, 4.69) is 9.88 Å². The van der Waals surface area contributed by atoms with Gasteiger partial charge in [-0.05, 0) is 51.3 Å². The number of alkyl halides is 3. The summed E-state index contributed by atoms with van der Waals surface area (Å²) in [5.74, 6) is -2.00. The molecule has 0 radical (unpaired) electrons. The minimum Gasteiger partial charge on any atom is -0.493 e. The number of hydrogen-bond donors (Lipinski definition) is 1. The standard InChI is InChI=1S/C22H23N3O4.C2HF3O2/c1-24(2)9-6-10-25-20-13-7-5-8-23-19(13)21(26)18(20)14-11-16(28-3)17(29-4)12-15(14)22(25)27;3-2(4,5)1(6)7/h5,7-8,11-12H,6,9-10H2,1-4H3;(H,6,7). The summed E-state index contributed by atoms with van der Waals surface area (Å²) < 4.78 is 44.2. The summed E-state index contributed by atoms with van der Waals surface area (Å²) in [4.78, 5) is 42.0. The van der Waals surface area contributed by atoms with Crippen LogP contribution in [-0.2, 0) is 11.3 Å². The minimum atomic E-state index is -5.08. The second-order valence-corrected chi connectivity index (χ2v) is 8.12. The molecule has 1 aliphatic rings. The number of ketones is 1. The molecular formula is C24H24F3N3O6. The summed E-state index contributed by atoms with van der Waals surface area (Å²) in [7, 11) is 7.04. The van der Waals surface area contributed by atoms with Crippen LogP contribution in [0.4, 0.5) is 13.2 Å². The van der Waals surface area contributed by atoms with Gasteiger partial charge in [-0.2, -0.15) is 13.2 Å². The average Bonchev–Trinajstić information content (AvgIpc) is 3.12. The van der Waals surface area contributed by atoms with Crippen molar-refractivity contribution in [2.75, 3.05) is 34.9 Å². The molecule has 0 saturated carbocycles. The van der Waals surface area contributed by atoms with E-state index in [-0.39, 0.29) is 11.3 Å². The third-order valence-corrected chi connectivity index (χ3v) is 5.51. The van der Waals surface area contributed by atoms with E-state index in [0.29, 0.717) is 51.3 Å². The number of nitrogens with zero attached hydrogens (tertiary/aromatic N) is 3. The molecule has 0 aliphatic heterocycles. The van der Waals surface area contributed by atoms with Gasteiger partial charge in [-0.15, -0.1) is 0 Å². The predicted octanol–water partition coefficient (Wildman–Crippen LogP) is 3.21. The van der Waals surface area contributed by atoms with Gasteiger partial charge in [0.25, 0.3) is 5.56 Å². The third-order valence-electron chi connectivity index (χ3n) is 5.51. The second kappa shape index (κ2) is 10.4. The molecule has 0 unspecified atom stereocenters. The topological polar surface area (TPSA) is 111 Å². The Bertz CT molecular complexity index is 1380. The van der Waals surface area contributed by atoms with Crippen molar-refractivity contribution in [1.29, 1.82) is 0 Å². The van der Waals surface area contributed by atoms with Gasteiger partial charge >= 0.3 is 12.1 Å². The molecule has 0 fully saturated rings. The highest BCUT2D eigenvalue weighted by Gasteiger charge is 2.38. The minimum absolute atomic E-state index is 0.150. The first-order valence-electron chi connectivity index (χ1n) is 10.7. The van der Waals surface area contributed by atoms with Crippen molar-refractivity contribution in [3.63, 3.8) is 0 Å². The fourth-order valence-corrected chi connectivity index (χ4v) is 3.94. The molecule has 0 amide bonds. The first-order chi connectivity index (χ1) is 16.9. The zero-order valence-corrected chi connectivity index (χ0v) is 20.0. The zero-order valence-electron chi connectivity index (χ0n) is 20.0. The molecule has 1 aromatic carbocycles. The zero-order chi connectivity index (χ0) is 26.8. The number of benzene rings is 1. The number of ether oxygens (including phenoxy) is 2. The van der Waals surface area contributed by atoms with Crippen molar-refractivity contribution >= 4 is 22.5 Å². The lowest BCUT2D eigenvalue weighted by Gasteiger charge is -2.17. The van der Waals surface area contributed by atoms with E-state index >= 15 is 0 Å². The first-order valence-corrected chi connectivity index (χ1v) is 10.7. The number of methoxy groups -OCH3 is 2. The highest BCUT2D eigenvalue weighted by atomic mass is 19.4. The van der Waals surface area contributed by atoms with Gasteiger partial charge < -0.3 is 24.0 Å². The largest absolute Gasteiger partial charge is 0.493 e. The number of fused-ring (bicyclic) bond motifs is 5. The van der Waals surface area contributed by atoms with E-state index in [1.807, 2.05) is 20.2 Å². The monoisotopic (exact) mass is 507 g/mol. The molecule has 3 aromatic rings. The van der Waals surface area contributed by atoms with Gasteiger partial charge in [-0.1, -0.05) is 0 Å². The molecular weight excluding hydrogens is 483 g/mol. The van der Waals surface area contributed by atoms with Crippen molar-refractivity contribution in [3.05, 3.63) is 52.1 Å². The molecule has 9 nitrogen and oxygen atoms in total. The third kappa shape index (κ3) is 5.03. The number of hydrogen-bond acceptors (Lipinski definition) is 7. The maximum Gasteiger partial charge on any atom is 0.490 e. The van der Waals surface area contributed by atoms with Crippen LogP contribution in [0.1, 0.15) is 22.5 Å². The van der Waals surface area contributed by atoms with Crippen LogP contribution < -0.4 is 15.0 Å². The van der Waals surface area contributed by atoms with Crippen LogP contribution in [-0.4, -0.2) is 72.3 Å². The van der Waals surface area contributed by atoms with Crippen LogP contribution in [0.5, 0.6) is 11.5 Å². The molecule has 0 atom stereocenters. The Balaban J connectivity index is 0.000000454. The summed E-state index contributed by atoms with van der Waals surface area (Å²) >= 11 is 0. The molecule has 4 rings (SSSR count). The molecule has 0 bridgehead atoms. The Morgan fingerprint density at radius 3 is 2.22 bits per heavy atom. The highest BCUT2D eigenvalue weighted by Crippen LogP contribution is 2.41. The van der Waals surface area contributed by atoms with Crippen LogP contribution >= 0.6 is 0 Å². The van der Waals surface area contributed by atoms with Gasteiger partial charge in [0.2, 0.25) is 5.78 Å². The number of carbonyl (C=O) groups is 2. The van der Waals surface area contributed by atoms with Crippen molar-refractivity contribution in [2.45, 2.75) is 19.1 Å². The van der Waals surface area contributed by atoms with Gasteiger partial charge in [0.05, 0.1) is 30.9 Å². The van der Waals surface area contributed by atoms with Crippen LogP contribution in [0.15, 0.2) is 35.3 Å². The number of aromatic nitrogens is 2. The summed E-state index contributed by atoms with van der Waals surface area (Å²) in [6, 6.07) is 7.00. The molecule has 2 aromatic heterocycles. The average molecular weight is 507 g/mol. The molecule has 12 heteroatoms. The fourth-order valence-electron chi connectivity index (χ4n) is 3.94. The van der Waals surface area contributed by atoms with Crippen molar-refractivity contribution in [3.8, 4) is 22.8 Å². The van der Waals surface area contributed by atoms with Gasteiger partial charge in [0.1, 0.15) is 5.69 Å². The second-order valence-electron chi connectivity index (χ2n) is 8.12. The van der Waals surface area contributed by atoms with E-state index in [1.54, 1.807) is 29.0 Å². The smallest absolute Gasteiger partial charge is 0.490 e. The van der Waals surface area contributed by atoms with Crippen molar-refractivity contribution < 1.29 is 37.3 Å². The van der Waals surface area contributed by atoms with Gasteiger partial charge in [0.15, 0.2) is 11.5 Å². The van der Waals surface area contributed by atoms with E-state index in [4.69, 9.17) is 19.4 Å². The quantitative estimate of drug-likeness (QED) is 0.424. The number of carboxylic acids is 1. The molecule has 0 spiro atoms. The Labute approximate surface area is 203 Å².